The van der Waals surface area contributed by atoms with Gasteiger partial charge in [-0.1, -0.05) is 0 Å². The fraction of sp³-hybridized carbons (Fsp3) is 0.556. The second-order valence-electron chi connectivity index (χ2n) is 4.03. The molecule has 2 rings (SSSR count). The highest BCUT2D eigenvalue weighted by molar-refractivity contribution is 5.57. The average Bonchev–Trinajstić information content (AvgIpc) is 2.88. The number of hydrogen-bond acceptors (Lipinski definition) is 5. The Bertz CT molecular complexity index is 345. The lowest BCUT2D eigenvalue weighted by molar-refractivity contribution is 0.816. The Morgan fingerprint density at radius 1 is 1.36 bits per heavy atom. The molecule has 4 N–H and O–H groups in total. The minimum Gasteiger partial charge on any atom is -0.365 e. The summed E-state index contributed by atoms with van der Waals surface area (Å²) in [6.07, 6.45) is 3.90. The van der Waals surface area contributed by atoms with Crippen LogP contribution in [0.5, 0.6) is 0 Å². The highest BCUT2D eigenvalue weighted by Gasteiger charge is 2.37. The predicted molar refractivity (Wildman–Crippen MR) is 55.8 cm³/mol. The van der Waals surface area contributed by atoms with E-state index in [1.54, 1.807) is 0 Å². The Morgan fingerprint density at radius 3 is 2.57 bits per heavy atom. The molecule has 1 aromatic rings. The van der Waals surface area contributed by atoms with Crippen molar-refractivity contribution >= 4 is 11.6 Å². The van der Waals surface area contributed by atoms with E-state index in [1.807, 2.05) is 6.92 Å². The van der Waals surface area contributed by atoms with Gasteiger partial charge in [0.15, 0.2) is 0 Å². The lowest BCUT2D eigenvalue weighted by Gasteiger charge is -2.15. The number of hydrazine groups is 1. The van der Waals surface area contributed by atoms with Crippen LogP contribution in [-0.2, 0) is 0 Å². The molecule has 0 radical (unpaired) electrons. The standard InChI is InChI=1S/C9H15N5/c1-6-7(13-9(2)3-4-9)11-5-12-8(6)14-10/h5H,3-4,10H2,1-2H3,(H2,11,12,13,14). The molecule has 0 bridgehead atoms. The molecule has 0 amide bonds. The normalized spacial score (nSPS) is 17.6. The van der Waals surface area contributed by atoms with Crippen molar-refractivity contribution in [1.29, 1.82) is 0 Å². The Hall–Kier alpha value is -1.36. The largest absolute Gasteiger partial charge is 0.365 e. The first kappa shape index (κ1) is 9.21. The Morgan fingerprint density at radius 2 is 2.00 bits per heavy atom. The van der Waals surface area contributed by atoms with Gasteiger partial charge in [-0.25, -0.2) is 15.8 Å². The van der Waals surface area contributed by atoms with E-state index >= 15 is 0 Å². The summed E-state index contributed by atoms with van der Waals surface area (Å²) < 4.78 is 0. The number of nitrogens with zero attached hydrogens (tertiary/aromatic N) is 2. The number of hydrogen-bond donors (Lipinski definition) is 3. The zero-order valence-electron chi connectivity index (χ0n) is 8.46. The van der Waals surface area contributed by atoms with Crippen LogP contribution in [0.2, 0.25) is 0 Å². The molecule has 1 saturated carbocycles. The molecule has 1 aliphatic rings. The molecule has 1 aromatic heterocycles. The monoisotopic (exact) mass is 193 g/mol. The van der Waals surface area contributed by atoms with Gasteiger partial charge in [0.2, 0.25) is 0 Å². The van der Waals surface area contributed by atoms with E-state index in [2.05, 4.69) is 27.6 Å². The van der Waals surface area contributed by atoms with Gasteiger partial charge in [-0.3, -0.25) is 0 Å². The SMILES string of the molecule is Cc1c(NN)ncnc1NC1(C)CC1. The minimum absolute atomic E-state index is 0.227. The van der Waals surface area contributed by atoms with E-state index in [-0.39, 0.29) is 5.54 Å². The molecular weight excluding hydrogens is 178 g/mol. The van der Waals surface area contributed by atoms with Crippen LogP contribution >= 0.6 is 0 Å². The third-order valence-electron chi connectivity index (χ3n) is 2.64. The van der Waals surface area contributed by atoms with Crippen molar-refractivity contribution in [2.45, 2.75) is 32.2 Å². The molecule has 14 heavy (non-hydrogen) atoms. The summed E-state index contributed by atoms with van der Waals surface area (Å²) in [5, 5.41) is 3.39. The van der Waals surface area contributed by atoms with Crippen LogP contribution in [0, 0.1) is 6.92 Å². The van der Waals surface area contributed by atoms with Crippen LogP contribution in [0.3, 0.4) is 0 Å². The third-order valence-corrected chi connectivity index (χ3v) is 2.64. The summed E-state index contributed by atoms with van der Waals surface area (Å²) >= 11 is 0. The number of rotatable bonds is 3. The van der Waals surface area contributed by atoms with Crippen LogP contribution < -0.4 is 16.6 Å². The fourth-order valence-electron chi connectivity index (χ4n) is 1.32. The minimum atomic E-state index is 0.227. The molecular formula is C9H15N5. The van der Waals surface area contributed by atoms with Crippen LogP contribution in [0.15, 0.2) is 6.33 Å². The maximum Gasteiger partial charge on any atom is 0.148 e. The lowest BCUT2D eigenvalue weighted by atomic mass is 10.2. The summed E-state index contributed by atoms with van der Waals surface area (Å²) in [5.41, 5.74) is 3.74. The van der Waals surface area contributed by atoms with Crippen LogP contribution in [0.1, 0.15) is 25.3 Å². The van der Waals surface area contributed by atoms with Crippen LogP contribution in [-0.4, -0.2) is 15.5 Å². The Labute approximate surface area is 83.1 Å². The van der Waals surface area contributed by atoms with Crippen molar-refractivity contribution < 1.29 is 0 Å². The quantitative estimate of drug-likeness (QED) is 0.494. The second-order valence-corrected chi connectivity index (χ2v) is 4.03. The third kappa shape index (κ3) is 1.63. The molecule has 0 spiro atoms. The predicted octanol–water partition coefficient (Wildman–Crippen LogP) is 1.04. The zero-order valence-corrected chi connectivity index (χ0v) is 8.46. The molecule has 5 heteroatoms. The van der Waals surface area contributed by atoms with Gasteiger partial charge in [-0.05, 0) is 26.7 Å². The number of nitrogens with one attached hydrogen (secondary N) is 2. The smallest absolute Gasteiger partial charge is 0.148 e. The molecule has 0 aliphatic heterocycles. The van der Waals surface area contributed by atoms with Crippen LogP contribution in [0.4, 0.5) is 11.6 Å². The van der Waals surface area contributed by atoms with Crippen molar-refractivity contribution in [3.63, 3.8) is 0 Å². The molecule has 1 heterocycles. The van der Waals surface area contributed by atoms with Crippen molar-refractivity contribution in [2.24, 2.45) is 5.84 Å². The fourth-order valence-corrected chi connectivity index (χ4v) is 1.32. The highest BCUT2D eigenvalue weighted by Crippen LogP contribution is 2.38. The van der Waals surface area contributed by atoms with E-state index < -0.39 is 0 Å². The summed E-state index contributed by atoms with van der Waals surface area (Å²) in [6, 6.07) is 0. The molecule has 0 unspecified atom stereocenters. The first-order valence-corrected chi connectivity index (χ1v) is 4.71. The van der Waals surface area contributed by atoms with Crippen molar-refractivity contribution in [1.82, 2.24) is 9.97 Å². The molecule has 0 saturated heterocycles. The molecule has 1 fully saturated rings. The van der Waals surface area contributed by atoms with Gasteiger partial charge in [-0.15, -0.1) is 0 Å². The second kappa shape index (κ2) is 3.09. The zero-order chi connectivity index (χ0) is 10.2. The van der Waals surface area contributed by atoms with E-state index in [1.165, 1.54) is 19.2 Å². The van der Waals surface area contributed by atoms with Gasteiger partial charge >= 0.3 is 0 Å². The number of nitrogen functional groups attached to an aromatic ring is 1. The van der Waals surface area contributed by atoms with Gasteiger partial charge in [-0.2, -0.15) is 0 Å². The van der Waals surface area contributed by atoms with Gasteiger partial charge in [0, 0.05) is 11.1 Å². The topological polar surface area (TPSA) is 75.9 Å². The Balaban J connectivity index is 2.24. The van der Waals surface area contributed by atoms with E-state index in [0.717, 1.165) is 11.4 Å². The first-order chi connectivity index (χ1) is 6.64. The van der Waals surface area contributed by atoms with E-state index in [9.17, 15) is 0 Å². The van der Waals surface area contributed by atoms with Crippen molar-refractivity contribution in [3.05, 3.63) is 11.9 Å². The maximum absolute atomic E-state index is 5.33. The molecule has 1 aliphatic carbocycles. The van der Waals surface area contributed by atoms with Gasteiger partial charge in [0.1, 0.15) is 18.0 Å². The van der Waals surface area contributed by atoms with Gasteiger partial charge in [0.25, 0.3) is 0 Å². The number of nitrogens with two attached hydrogens (primary N) is 1. The Kier molecular flexibility index (Phi) is 2.03. The van der Waals surface area contributed by atoms with E-state index in [4.69, 9.17) is 5.84 Å². The molecule has 0 aromatic carbocycles. The summed E-state index contributed by atoms with van der Waals surface area (Å²) in [5.74, 6) is 6.87. The number of aromatic nitrogens is 2. The number of anilines is 2. The van der Waals surface area contributed by atoms with Crippen molar-refractivity contribution in [2.75, 3.05) is 10.7 Å². The highest BCUT2D eigenvalue weighted by atomic mass is 15.3. The lowest BCUT2D eigenvalue weighted by Crippen LogP contribution is -2.19. The van der Waals surface area contributed by atoms with E-state index in [0.29, 0.717) is 5.82 Å². The molecule has 76 valence electrons. The summed E-state index contributed by atoms with van der Waals surface area (Å²) in [7, 11) is 0. The maximum atomic E-state index is 5.33. The summed E-state index contributed by atoms with van der Waals surface area (Å²) in [4.78, 5) is 8.22. The molecule has 5 nitrogen and oxygen atoms in total. The van der Waals surface area contributed by atoms with Gasteiger partial charge < -0.3 is 10.7 Å². The van der Waals surface area contributed by atoms with Crippen LogP contribution in [0.25, 0.3) is 0 Å². The summed E-state index contributed by atoms with van der Waals surface area (Å²) in [6.45, 7) is 4.13. The average molecular weight is 193 g/mol. The van der Waals surface area contributed by atoms with Crippen molar-refractivity contribution in [3.8, 4) is 0 Å². The first-order valence-electron chi connectivity index (χ1n) is 4.71. The van der Waals surface area contributed by atoms with Gasteiger partial charge in [0.05, 0.1) is 0 Å². The molecule has 0 atom stereocenters.